The number of unbranched alkanes of at least 4 members (excludes halogenated alkanes) is 2. The molecule has 0 aromatic heterocycles. The molecule has 0 radical (unpaired) electrons. The molecule has 0 aromatic rings. The Morgan fingerprint density at radius 2 is 1.42 bits per heavy atom. The predicted octanol–water partition coefficient (Wildman–Crippen LogP) is 6.42. The average Bonchev–Trinajstić information content (AvgIpc) is 2.52. The first-order chi connectivity index (χ1) is 11.6. The number of hydrogen-bond donors (Lipinski definition) is 0. The smallest absolute Gasteiger partial charge is 0.309 e. The van der Waals surface area contributed by atoms with Gasteiger partial charge in [0.1, 0.15) is 0 Å². The molecule has 4 saturated carbocycles. The number of hydrogen-bond acceptors (Lipinski definition) is 3. The largest absolute Gasteiger partial charge is 0.330 e. The van der Waals surface area contributed by atoms with Crippen LogP contribution in [0.15, 0.2) is 0 Å². The third-order valence-corrected chi connectivity index (χ3v) is 8.67. The highest BCUT2D eigenvalue weighted by atomic mass is 31.2. The lowest BCUT2D eigenvalue weighted by Crippen LogP contribution is -2.46. The first-order valence-corrected chi connectivity index (χ1v) is 12.2. The Morgan fingerprint density at radius 3 is 1.96 bits per heavy atom. The van der Waals surface area contributed by atoms with Crippen molar-refractivity contribution in [1.82, 2.24) is 0 Å². The van der Waals surface area contributed by atoms with E-state index in [1.807, 2.05) is 0 Å². The maximum absolute atomic E-state index is 13.0. The van der Waals surface area contributed by atoms with Crippen LogP contribution in [0.2, 0.25) is 0 Å². The fraction of sp³-hybridized carbons (Fsp3) is 1.00. The highest BCUT2D eigenvalue weighted by Crippen LogP contribution is 2.61. The molecule has 0 N–H and O–H groups in total. The van der Waals surface area contributed by atoms with Crippen molar-refractivity contribution in [2.75, 3.05) is 19.4 Å². The van der Waals surface area contributed by atoms with E-state index in [4.69, 9.17) is 9.05 Å². The van der Waals surface area contributed by atoms with Gasteiger partial charge in [0.05, 0.1) is 19.4 Å². The van der Waals surface area contributed by atoms with Crippen molar-refractivity contribution in [1.29, 1.82) is 0 Å². The molecule has 4 rings (SSSR count). The van der Waals surface area contributed by atoms with Gasteiger partial charge in [0.2, 0.25) is 0 Å². The summed E-state index contributed by atoms with van der Waals surface area (Å²) in [6.07, 6.45) is 14.3. The third kappa shape index (κ3) is 4.65. The van der Waals surface area contributed by atoms with E-state index in [2.05, 4.69) is 13.8 Å². The van der Waals surface area contributed by atoms with Crippen LogP contribution >= 0.6 is 7.60 Å². The summed E-state index contributed by atoms with van der Waals surface area (Å²) >= 11 is 0. The van der Waals surface area contributed by atoms with Crippen molar-refractivity contribution in [3.63, 3.8) is 0 Å². The van der Waals surface area contributed by atoms with Crippen LogP contribution in [-0.2, 0) is 13.6 Å². The summed E-state index contributed by atoms with van der Waals surface area (Å²) in [6.45, 7) is 5.48. The molecule has 4 bridgehead atoms. The molecular formula is C20H37O3P. The van der Waals surface area contributed by atoms with Crippen molar-refractivity contribution >= 4 is 7.60 Å². The molecule has 0 heterocycles. The van der Waals surface area contributed by atoms with E-state index in [-0.39, 0.29) is 0 Å². The Kier molecular flexibility index (Phi) is 6.49. The van der Waals surface area contributed by atoms with Crippen LogP contribution in [0.1, 0.15) is 84.5 Å². The van der Waals surface area contributed by atoms with Crippen LogP contribution in [-0.4, -0.2) is 19.4 Å². The van der Waals surface area contributed by atoms with Gasteiger partial charge in [-0.2, -0.15) is 0 Å². The lowest BCUT2D eigenvalue weighted by molar-refractivity contribution is -0.0628. The van der Waals surface area contributed by atoms with Gasteiger partial charge in [-0.05, 0) is 81.0 Å². The SMILES string of the molecule is CCCCOP(=O)(CCCC)OCCC12CC3CC(CC(C3)C1)C2. The highest BCUT2D eigenvalue weighted by Gasteiger charge is 2.50. The zero-order chi connectivity index (χ0) is 17.0. The average molecular weight is 356 g/mol. The molecule has 1 unspecified atom stereocenters. The van der Waals surface area contributed by atoms with Gasteiger partial charge in [-0.25, -0.2) is 0 Å². The maximum atomic E-state index is 13.0. The molecule has 1 atom stereocenters. The Hall–Kier alpha value is 0.150. The molecule has 4 aliphatic carbocycles. The normalized spacial score (nSPS) is 36.8. The first-order valence-electron chi connectivity index (χ1n) is 10.4. The molecule has 4 fully saturated rings. The van der Waals surface area contributed by atoms with Crippen molar-refractivity contribution in [2.45, 2.75) is 84.5 Å². The zero-order valence-electron chi connectivity index (χ0n) is 15.8. The molecule has 0 aromatic carbocycles. The number of rotatable bonds is 11. The Labute approximate surface area is 148 Å². The highest BCUT2D eigenvalue weighted by molar-refractivity contribution is 7.53. The van der Waals surface area contributed by atoms with E-state index in [0.29, 0.717) is 24.8 Å². The van der Waals surface area contributed by atoms with E-state index < -0.39 is 7.60 Å². The molecule has 0 spiro atoms. The van der Waals surface area contributed by atoms with Crippen LogP contribution in [0.5, 0.6) is 0 Å². The van der Waals surface area contributed by atoms with E-state index >= 15 is 0 Å². The topological polar surface area (TPSA) is 35.5 Å². The van der Waals surface area contributed by atoms with Gasteiger partial charge < -0.3 is 9.05 Å². The second-order valence-electron chi connectivity index (χ2n) is 8.88. The zero-order valence-corrected chi connectivity index (χ0v) is 16.7. The van der Waals surface area contributed by atoms with Gasteiger partial charge in [0.25, 0.3) is 0 Å². The van der Waals surface area contributed by atoms with Gasteiger partial charge in [0, 0.05) is 0 Å². The predicted molar refractivity (Wildman–Crippen MR) is 99.4 cm³/mol. The molecule has 0 aliphatic heterocycles. The molecular weight excluding hydrogens is 319 g/mol. The van der Waals surface area contributed by atoms with Crippen LogP contribution in [0, 0.1) is 23.2 Å². The molecule has 24 heavy (non-hydrogen) atoms. The molecule has 4 heteroatoms. The fourth-order valence-corrected chi connectivity index (χ4v) is 7.68. The van der Waals surface area contributed by atoms with Crippen molar-refractivity contribution in [3.8, 4) is 0 Å². The lowest BCUT2D eigenvalue weighted by atomic mass is 9.49. The van der Waals surface area contributed by atoms with E-state index in [0.717, 1.165) is 49.9 Å². The summed E-state index contributed by atoms with van der Waals surface area (Å²) in [5, 5.41) is 0. The Morgan fingerprint density at radius 1 is 0.875 bits per heavy atom. The standard InChI is InChI=1S/C20H37O3P/c1-3-5-8-22-24(21,10-6-4-2)23-9-7-20-14-17-11-18(15-20)13-19(12-17)16-20/h17-19H,3-16H2,1-2H3. The van der Waals surface area contributed by atoms with Gasteiger partial charge in [-0.3, -0.25) is 4.57 Å². The third-order valence-electron chi connectivity index (χ3n) is 6.66. The van der Waals surface area contributed by atoms with E-state index in [1.165, 1.54) is 38.5 Å². The summed E-state index contributed by atoms with van der Waals surface area (Å²) < 4.78 is 24.7. The van der Waals surface area contributed by atoms with Crippen molar-refractivity contribution < 1.29 is 13.6 Å². The van der Waals surface area contributed by atoms with Crippen molar-refractivity contribution in [2.24, 2.45) is 23.2 Å². The molecule has 0 saturated heterocycles. The molecule has 140 valence electrons. The molecule has 3 nitrogen and oxygen atoms in total. The second kappa shape index (κ2) is 8.23. The van der Waals surface area contributed by atoms with Gasteiger partial charge in [-0.15, -0.1) is 0 Å². The van der Waals surface area contributed by atoms with Crippen LogP contribution < -0.4 is 0 Å². The summed E-state index contributed by atoms with van der Waals surface area (Å²) in [5.41, 5.74) is 0.508. The minimum atomic E-state index is -2.87. The summed E-state index contributed by atoms with van der Waals surface area (Å²) in [7, 11) is -2.87. The second-order valence-corrected chi connectivity index (χ2v) is 11.1. The van der Waals surface area contributed by atoms with Crippen molar-refractivity contribution in [3.05, 3.63) is 0 Å². The van der Waals surface area contributed by atoms with Crippen LogP contribution in [0.3, 0.4) is 0 Å². The Bertz CT molecular complexity index is 413. The maximum Gasteiger partial charge on any atom is 0.330 e. The summed E-state index contributed by atoms with van der Waals surface area (Å²) in [5.74, 6) is 2.93. The van der Waals surface area contributed by atoms with E-state index in [9.17, 15) is 4.57 Å². The quantitative estimate of drug-likeness (QED) is 0.316. The fourth-order valence-electron chi connectivity index (χ4n) is 5.86. The first kappa shape index (κ1) is 18.9. The summed E-state index contributed by atoms with van der Waals surface area (Å²) in [4.78, 5) is 0. The molecule has 0 amide bonds. The van der Waals surface area contributed by atoms with Gasteiger partial charge in [0.15, 0.2) is 0 Å². The lowest BCUT2D eigenvalue weighted by Gasteiger charge is -2.57. The molecule has 4 aliphatic rings. The monoisotopic (exact) mass is 356 g/mol. The van der Waals surface area contributed by atoms with Crippen LogP contribution in [0.4, 0.5) is 0 Å². The van der Waals surface area contributed by atoms with Gasteiger partial charge in [-0.1, -0.05) is 26.7 Å². The van der Waals surface area contributed by atoms with Crippen LogP contribution in [0.25, 0.3) is 0 Å². The van der Waals surface area contributed by atoms with Gasteiger partial charge >= 0.3 is 7.60 Å². The minimum Gasteiger partial charge on any atom is -0.309 e. The van der Waals surface area contributed by atoms with E-state index in [1.54, 1.807) is 0 Å². The summed E-state index contributed by atoms with van der Waals surface area (Å²) in [6, 6.07) is 0. The Balaban J connectivity index is 1.50. The minimum absolute atomic E-state index is 0.508.